The largest absolute Gasteiger partial charge is 0.481 e. The fraction of sp³-hybridized carbons (Fsp3) is 0.138. The Morgan fingerprint density at radius 3 is 2.26 bits per heavy atom. The number of Topliss-reactive ketones (excluding diaryl/α,β-unsaturated/α-hetero) is 1. The van der Waals surface area contributed by atoms with Crippen LogP contribution in [0.1, 0.15) is 35.3 Å². The summed E-state index contributed by atoms with van der Waals surface area (Å²) >= 11 is 18.5. The van der Waals surface area contributed by atoms with E-state index < -0.39 is 11.8 Å². The van der Waals surface area contributed by atoms with Crippen molar-refractivity contribution in [1.29, 1.82) is 0 Å². The van der Waals surface area contributed by atoms with E-state index in [1.54, 1.807) is 60.8 Å². The first kappa shape index (κ1) is 27.6. The van der Waals surface area contributed by atoms with Gasteiger partial charge in [0.05, 0.1) is 5.69 Å². The Labute approximate surface area is 234 Å². The average Bonchev–Trinajstić information content (AvgIpc) is 2.88. The van der Waals surface area contributed by atoms with E-state index in [-0.39, 0.29) is 30.7 Å². The first-order chi connectivity index (χ1) is 18.2. The zero-order valence-corrected chi connectivity index (χ0v) is 22.2. The smallest absolute Gasteiger partial charge is 0.303 e. The molecule has 0 amide bonds. The van der Waals surface area contributed by atoms with Crippen molar-refractivity contribution in [1.82, 2.24) is 4.98 Å². The summed E-state index contributed by atoms with van der Waals surface area (Å²) in [7, 11) is 0. The molecule has 0 spiro atoms. The number of nitrogens with one attached hydrogen (secondary N) is 1. The van der Waals surface area contributed by atoms with Gasteiger partial charge in [-0.1, -0.05) is 59.1 Å². The van der Waals surface area contributed by atoms with Crippen LogP contribution < -0.4 is 5.32 Å². The second-order valence-corrected chi connectivity index (χ2v) is 9.86. The summed E-state index contributed by atoms with van der Waals surface area (Å²) in [5, 5.41) is 13.3. The number of pyridine rings is 1. The molecule has 4 rings (SSSR count). The molecule has 0 aliphatic carbocycles. The second-order valence-electron chi connectivity index (χ2n) is 8.58. The van der Waals surface area contributed by atoms with Gasteiger partial charge in [-0.05, 0) is 65.6 Å². The van der Waals surface area contributed by atoms with Gasteiger partial charge >= 0.3 is 5.97 Å². The quantitative estimate of drug-likeness (QED) is 0.186. The molecule has 9 heteroatoms. The summed E-state index contributed by atoms with van der Waals surface area (Å²) in [6.45, 7) is 0.306. The van der Waals surface area contributed by atoms with Gasteiger partial charge in [-0.25, -0.2) is 4.39 Å². The number of benzene rings is 3. The third-order valence-electron chi connectivity index (χ3n) is 5.91. The van der Waals surface area contributed by atoms with Crippen LogP contribution in [0, 0.1) is 5.82 Å². The van der Waals surface area contributed by atoms with Crippen molar-refractivity contribution in [2.45, 2.75) is 25.8 Å². The van der Waals surface area contributed by atoms with Crippen LogP contribution in [-0.4, -0.2) is 21.8 Å². The summed E-state index contributed by atoms with van der Waals surface area (Å²) in [4.78, 5) is 27.2. The number of anilines is 1. The highest BCUT2D eigenvalue weighted by molar-refractivity contribution is 6.36. The second kappa shape index (κ2) is 12.4. The number of hydrogen-bond acceptors (Lipinski definition) is 4. The molecule has 0 radical (unpaired) electrons. The van der Waals surface area contributed by atoms with Crippen LogP contribution in [0.3, 0.4) is 0 Å². The molecule has 0 saturated heterocycles. The standard InChI is InChI=1S/C29H22Cl3FN2O3/c30-20-7-4-18(23(13-20)19-6-11-27(35-16-19)28(36)2-1-3-29(37)38)15-34-26-10-5-17(12-25(26)33)22-9-8-21(31)14-24(22)32/h4-14,16,34H,1-3,15H2,(H,37,38). The van der Waals surface area contributed by atoms with E-state index in [9.17, 15) is 14.0 Å². The molecule has 0 bridgehead atoms. The zero-order valence-electron chi connectivity index (χ0n) is 20.0. The molecule has 0 aliphatic rings. The molecular formula is C29H22Cl3FN2O3. The number of carboxylic acids is 1. The van der Waals surface area contributed by atoms with Gasteiger partial charge in [-0.15, -0.1) is 0 Å². The minimum Gasteiger partial charge on any atom is -0.481 e. The number of nitrogens with zero attached hydrogens (tertiary/aromatic N) is 1. The summed E-state index contributed by atoms with van der Waals surface area (Å²) in [6.07, 6.45) is 1.87. The molecule has 38 heavy (non-hydrogen) atoms. The van der Waals surface area contributed by atoms with Crippen molar-refractivity contribution in [3.8, 4) is 22.3 Å². The highest BCUT2D eigenvalue weighted by atomic mass is 35.5. The van der Waals surface area contributed by atoms with Crippen LogP contribution in [0.5, 0.6) is 0 Å². The minimum absolute atomic E-state index is 0.0686. The Morgan fingerprint density at radius 1 is 0.842 bits per heavy atom. The van der Waals surface area contributed by atoms with Crippen molar-refractivity contribution in [2.24, 2.45) is 0 Å². The third-order valence-corrected chi connectivity index (χ3v) is 6.69. The van der Waals surface area contributed by atoms with E-state index in [1.165, 1.54) is 6.07 Å². The van der Waals surface area contributed by atoms with Crippen molar-refractivity contribution in [2.75, 3.05) is 5.32 Å². The van der Waals surface area contributed by atoms with Gasteiger partial charge in [0, 0.05) is 51.8 Å². The average molecular weight is 572 g/mol. The van der Waals surface area contributed by atoms with E-state index >= 15 is 0 Å². The Kier molecular flexibility index (Phi) is 9.00. The molecule has 0 fully saturated rings. The lowest BCUT2D eigenvalue weighted by Crippen LogP contribution is -2.05. The topological polar surface area (TPSA) is 79.3 Å². The molecular weight excluding hydrogens is 550 g/mol. The van der Waals surface area contributed by atoms with Crippen LogP contribution in [0.15, 0.2) is 72.9 Å². The first-order valence-electron chi connectivity index (χ1n) is 11.7. The zero-order chi connectivity index (χ0) is 27.2. The number of hydrogen-bond donors (Lipinski definition) is 2. The van der Waals surface area contributed by atoms with Crippen molar-refractivity contribution in [3.05, 3.63) is 105 Å². The Balaban J connectivity index is 1.50. The predicted molar refractivity (Wildman–Crippen MR) is 150 cm³/mol. The van der Waals surface area contributed by atoms with E-state index in [0.29, 0.717) is 38.4 Å². The van der Waals surface area contributed by atoms with Gasteiger partial charge in [-0.2, -0.15) is 0 Å². The first-order valence-corrected chi connectivity index (χ1v) is 12.8. The number of carbonyl (C=O) groups is 2. The van der Waals surface area contributed by atoms with E-state index in [2.05, 4.69) is 10.3 Å². The van der Waals surface area contributed by atoms with Gasteiger partial charge in [0.1, 0.15) is 11.5 Å². The Bertz CT molecular complexity index is 1490. The third kappa shape index (κ3) is 6.90. The van der Waals surface area contributed by atoms with E-state index in [1.807, 2.05) is 6.07 Å². The predicted octanol–water partition coefficient (Wildman–Crippen LogP) is 8.56. The Morgan fingerprint density at radius 2 is 1.58 bits per heavy atom. The number of halogens is 4. The number of rotatable bonds is 10. The fourth-order valence-electron chi connectivity index (χ4n) is 3.96. The van der Waals surface area contributed by atoms with Gasteiger partial charge in [0.25, 0.3) is 0 Å². The van der Waals surface area contributed by atoms with E-state index in [4.69, 9.17) is 39.9 Å². The van der Waals surface area contributed by atoms with Crippen LogP contribution >= 0.6 is 34.8 Å². The molecule has 0 saturated carbocycles. The fourth-order valence-corrected chi connectivity index (χ4v) is 4.65. The number of aromatic nitrogens is 1. The van der Waals surface area contributed by atoms with Gasteiger partial charge in [0.15, 0.2) is 5.78 Å². The normalized spacial score (nSPS) is 10.8. The van der Waals surface area contributed by atoms with Crippen LogP contribution in [-0.2, 0) is 11.3 Å². The van der Waals surface area contributed by atoms with Crippen LogP contribution in [0.25, 0.3) is 22.3 Å². The number of aliphatic carboxylic acids is 1. The molecule has 5 nitrogen and oxygen atoms in total. The van der Waals surface area contributed by atoms with Crippen molar-refractivity contribution >= 4 is 52.2 Å². The summed E-state index contributed by atoms with van der Waals surface area (Å²) < 4.78 is 15.0. The SMILES string of the molecule is O=C(O)CCCC(=O)c1ccc(-c2cc(Cl)ccc2CNc2ccc(-c3ccc(Cl)cc3Cl)cc2F)cn1. The maximum absolute atomic E-state index is 15.0. The van der Waals surface area contributed by atoms with Crippen LogP contribution in [0.4, 0.5) is 10.1 Å². The molecule has 2 N–H and O–H groups in total. The molecule has 1 heterocycles. The molecule has 0 aliphatic heterocycles. The maximum Gasteiger partial charge on any atom is 0.303 e. The number of carboxylic acid groups (broad SMARTS) is 1. The summed E-state index contributed by atoms with van der Waals surface area (Å²) in [5.74, 6) is -1.59. The van der Waals surface area contributed by atoms with Gasteiger partial charge in [0.2, 0.25) is 0 Å². The van der Waals surface area contributed by atoms with E-state index in [0.717, 1.165) is 16.7 Å². The number of ketones is 1. The summed E-state index contributed by atoms with van der Waals surface area (Å²) in [6, 6.07) is 18.6. The lowest BCUT2D eigenvalue weighted by molar-refractivity contribution is -0.137. The minimum atomic E-state index is -0.940. The molecule has 194 valence electrons. The maximum atomic E-state index is 15.0. The van der Waals surface area contributed by atoms with Crippen molar-refractivity contribution in [3.63, 3.8) is 0 Å². The van der Waals surface area contributed by atoms with Gasteiger partial charge < -0.3 is 10.4 Å². The monoisotopic (exact) mass is 570 g/mol. The highest BCUT2D eigenvalue weighted by Crippen LogP contribution is 2.33. The molecule has 4 aromatic rings. The Hall–Kier alpha value is -3.45. The molecule has 1 aromatic heterocycles. The molecule has 0 unspecified atom stereocenters. The van der Waals surface area contributed by atoms with Gasteiger partial charge in [-0.3, -0.25) is 14.6 Å². The lowest BCUT2D eigenvalue weighted by Gasteiger charge is -2.14. The number of carbonyl (C=O) groups excluding carboxylic acids is 1. The van der Waals surface area contributed by atoms with Crippen LogP contribution in [0.2, 0.25) is 15.1 Å². The van der Waals surface area contributed by atoms with Crippen molar-refractivity contribution < 1.29 is 19.1 Å². The highest BCUT2D eigenvalue weighted by Gasteiger charge is 2.13. The summed E-state index contributed by atoms with van der Waals surface area (Å²) in [5.41, 5.74) is 4.26. The lowest BCUT2D eigenvalue weighted by atomic mass is 10.00. The molecule has 0 atom stereocenters. The molecule has 3 aromatic carbocycles.